The van der Waals surface area contributed by atoms with Crippen molar-refractivity contribution >= 4 is 5.97 Å². The molecule has 3 heteroatoms. The second-order valence-electron chi connectivity index (χ2n) is 10.4. The summed E-state index contributed by atoms with van der Waals surface area (Å²) in [5, 5.41) is 11.0. The molecule has 0 aliphatic heterocycles. The number of carbonyl (C=O) groups excluding carboxylic acids is 1. The molecule has 0 saturated carbocycles. The summed E-state index contributed by atoms with van der Waals surface area (Å²) in [5.74, 6) is -0.111. The third-order valence-electron chi connectivity index (χ3n) is 6.19. The first-order chi connectivity index (χ1) is 13.2. The molecule has 0 radical (unpaired) electrons. The van der Waals surface area contributed by atoms with E-state index in [0.29, 0.717) is 12.2 Å². The number of carbonyl (C=O) groups is 1. The fourth-order valence-corrected chi connectivity index (χ4v) is 3.87. The molecule has 1 aliphatic rings. The van der Waals surface area contributed by atoms with E-state index in [1.54, 1.807) is 0 Å². The van der Waals surface area contributed by atoms with Crippen molar-refractivity contribution in [1.29, 1.82) is 0 Å². The average Bonchev–Trinajstić information content (AvgIpc) is 2.58. The number of hydrogen-bond acceptors (Lipinski definition) is 3. The molecule has 0 saturated heterocycles. The van der Waals surface area contributed by atoms with Crippen LogP contribution in [-0.2, 0) is 21.4 Å². The molecule has 29 heavy (non-hydrogen) atoms. The first kappa shape index (κ1) is 23.0. The van der Waals surface area contributed by atoms with Crippen LogP contribution in [0.4, 0.5) is 0 Å². The van der Waals surface area contributed by atoms with Gasteiger partial charge in [0.2, 0.25) is 0 Å². The van der Waals surface area contributed by atoms with Crippen LogP contribution >= 0.6 is 0 Å². The summed E-state index contributed by atoms with van der Waals surface area (Å²) in [6.45, 7) is 20.5. The Labute approximate surface area is 176 Å². The maximum atomic E-state index is 12.2. The standard InChI is InChI=1S/C26H36O3/c1-10-21(27)29-23-18(12-11-13-26(23,9)25(6,7)8)16-19-14-17(2)15-20(22(19)28)24(3,4)5/h10-15,23,28H,1,16H2,2-9H3. The van der Waals surface area contributed by atoms with Gasteiger partial charge in [-0.1, -0.05) is 91.0 Å². The minimum Gasteiger partial charge on any atom is -0.507 e. The highest BCUT2D eigenvalue weighted by Gasteiger charge is 2.47. The van der Waals surface area contributed by atoms with Crippen molar-refractivity contribution < 1.29 is 14.6 Å². The Kier molecular flexibility index (Phi) is 6.23. The van der Waals surface area contributed by atoms with Crippen LogP contribution in [0.3, 0.4) is 0 Å². The van der Waals surface area contributed by atoms with Gasteiger partial charge < -0.3 is 9.84 Å². The van der Waals surface area contributed by atoms with Crippen molar-refractivity contribution in [3.05, 3.63) is 65.3 Å². The Balaban J connectivity index is 2.54. The smallest absolute Gasteiger partial charge is 0.330 e. The van der Waals surface area contributed by atoms with Gasteiger partial charge in [-0.05, 0) is 34.5 Å². The number of aryl methyl sites for hydroxylation is 1. The lowest BCUT2D eigenvalue weighted by molar-refractivity contribution is -0.148. The Bertz CT molecular complexity index is 859. The summed E-state index contributed by atoms with van der Waals surface area (Å²) >= 11 is 0. The molecule has 0 heterocycles. The van der Waals surface area contributed by atoms with Crippen molar-refractivity contribution in [2.45, 2.75) is 73.3 Å². The van der Waals surface area contributed by atoms with Gasteiger partial charge in [0.25, 0.3) is 0 Å². The van der Waals surface area contributed by atoms with Crippen LogP contribution in [0.15, 0.2) is 48.6 Å². The van der Waals surface area contributed by atoms with E-state index in [4.69, 9.17) is 4.74 Å². The maximum absolute atomic E-state index is 12.2. The van der Waals surface area contributed by atoms with Crippen molar-refractivity contribution in [2.24, 2.45) is 10.8 Å². The molecule has 1 aliphatic carbocycles. The first-order valence-corrected chi connectivity index (χ1v) is 10.2. The van der Waals surface area contributed by atoms with Crippen molar-refractivity contribution in [3.8, 4) is 5.75 Å². The first-order valence-electron chi connectivity index (χ1n) is 10.2. The zero-order valence-electron chi connectivity index (χ0n) is 19.2. The van der Waals surface area contributed by atoms with E-state index in [1.165, 1.54) is 6.08 Å². The van der Waals surface area contributed by atoms with Gasteiger partial charge in [-0.15, -0.1) is 0 Å². The van der Waals surface area contributed by atoms with Crippen LogP contribution < -0.4 is 0 Å². The molecule has 1 aromatic carbocycles. The number of phenols is 1. The van der Waals surface area contributed by atoms with E-state index in [0.717, 1.165) is 22.3 Å². The maximum Gasteiger partial charge on any atom is 0.330 e. The zero-order chi connectivity index (χ0) is 22.2. The minimum absolute atomic E-state index is 0.139. The van der Waals surface area contributed by atoms with Crippen LogP contribution in [0.5, 0.6) is 5.75 Å². The molecule has 2 rings (SSSR count). The molecule has 158 valence electrons. The highest BCUT2D eigenvalue weighted by Crippen LogP contribution is 2.49. The quantitative estimate of drug-likeness (QED) is 0.488. The van der Waals surface area contributed by atoms with Crippen molar-refractivity contribution in [3.63, 3.8) is 0 Å². The number of aromatic hydroxyl groups is 1. The topological polar surface area (TPSA) is 46.5 Å². The Morgan fingerprint density at radius 2 is 1.86 bits per heavy atom. The molecular formula is C26H36O3. The summed E-state index contributed by atoms with van der Waals surface area (Å²) in [4.78, 5) is 12.2. The van der Waals surface area contributed by atoms with E-state index < -0.39 is 12.1 Å². The van der Waals surface area contributed by atoms with Gasteiger partial charge in [0, 0.05) is 17.9 Å². The lowest BCUT2D eigenvalue weighted by atomic mass is 9.61. The fourth-order valence-electron chi connectivity index (χ4n) is 3.87. The van der Waals surface area contributed by atoms with Crippen molar-refractivity contribution in [2.75, 3.05) is 0 Å². The third kappa shape index (κ3) is 4.66. The van der Waals surface area contributed by atoms with E-state index in [-0.39, 0.29) is 16.2 Å². The van der Waals surface area contributed by atoms with Crippen LogP contribution in [0.1, 0.15) is 65.2 Å². The summed E-state index contributed by atoms with van der Waals surface area (Å²) < 4.78 is 5.88. The van der Waals surface area contributed by atoms with E-state index in [1.807, 2.05) is 31.2 Å². The number of ether oxygens (including phenoxy) is 1. The van der Waals surface area contributed by atoms with Gasteiger partial charge in [0.05, 0.1) is 0 Å². The minimum atomic E-state index is -0.435. The summed E-state index contributed by atoms with van der Waals surface area (Å²) in [5.41, 5.74) is 3.17. The van der Waals surface area contributed by atoms with E-state index >= 15 is 0 Å². The number of phenolic OH excluding ortho intramolecular Hbond substituents is 1. The molecular weight excluding hydrogens is 360 g/mol. The van der Waals surface area contributed by atoms with E-state index in [2.05, 4.69) is 61.1 Å². The zero-order valence-corrected chi connectivity index (χ0v) is 19.2. The largest absolute Gasteiger partial charge is 0.507 e. The monoisotopic (exact) mass is 396 g/mol. The number of rotatable bonds is 4. The molecule has 0 fully saturated rings. The summed E-state index contributed by atoms with van der Waals surface area (Å²) in [6, 6.07) is 4.06. The SMILES string of the molecule is C=CC(=O)OC1C(Cc2cc(C)cc(C(C)(C)C)c2O)=CC=CC1(C)C(C)(C)C. The molecule has 1 aromatic rings. The molecule has 1 N–H and O–H groups in total. The molecule has 0 aromatic heterocycles. The molecule has 0 spiro atoms. The number of esters is 1. The van der Waals surface area contributed by atoms with Gasteiger partial charge in [0.1, 0.15) is 11.9 Å². The summed E-state index contributed by atoms with van der Waals surface area (Å²) in [6.07, 6.45) is 7.45. The predicted octanol–water partition coefficient (Wildman–Crippen LogP) is 6.19. The van der Waals surface area contributed by atoms with Crippen LogP contribution in [0, 0.1) is 17.8 Å². The molecule has 0 bridgehead atoms. The molecule has 2 atom stereocenters. The lowest BCUT2D eigenvalue weighted by Crippen LogP contribution is -2.46. The number of benzene rings is 1. The summed E-state index contributed by atoms with van der Waals surface area (Å²) in [7, 11) is 0. The number of hydrogen-bond donors (Lipinski definition) is 1. The Morgan fingerprint density at radius 3 is 2.38 bits per heavy atom. The van der Waals surface area contributed by atoms with Crippen LogP contribution in [0.25, 0.3) is 0 Å². The lowest BCUT2D eigenvalue weighted by Gasteiger charge is -2.47. The van der Waals surface area contributed by atoms with Gasteiger partial charge in [-0.2, -0.15) is 0 Å². The Morgan fingerprint density at radius 1 is 1.24 bits per heavy atom. The van der Waals surface area contributed by atoms with Gasteiger partial charge in [-0.3, -0.25) is 0 Å². The van der Waals surface area contributed by atoms with Gasteiger partial charge in [0.15, 0.2) is 0 Å². The van der Waals surface area contributed by atoms with Crippen LogP contribution in [0.2, 0.25) is 0 Å². The predicted molar refractivity (Wildman–Crippen MR) is 120 cm³/mol. The molecule has 2 unspecified atom stereocenters. The van der Waals surface area contributed by atoms with Gasteiger partial charge >= 0.3 is 5.97 Å². The molecule has 0 amide bonds. The average molecular weight is 397 g/mol. The highest BCUT2D eigenvalue weighted by molar-refractivity contribution is 5.81. The molecule has 3 nitrogen and oxygen atoms in total. The second kappa shape index (κ2) is 7.85. The highest BCUT2D eigenvalue weighted by atomic mass is 16.5. The fraction of sp³-hybridized carbons (Fsp3) is 0.500. The normalized spacial score (nSPS) is 22.2. The second-order valence-corrected chi connectivity index (χ2v) is 10.4. The number of allylic oxidation sites excluding steroid dienone is 2. The Hall–Kier alpha value is -2.29. The van der Waals surface area contributed by atoms with Gasteiger partial charge in [-0.25, -0.2) is 4.79 Å². The third-order valence-corrected chi connectivity index (χ3v) is 6.19. The van der Waals surface area contributed by atoms with Crippen LogP contribution in [-0.4, -0.2) is 17.2 Å². The van der Waals surface area contributed by atoms with E-state index in [9.17, 15) is 9.90 Å². The van der Waals surface area contributed by atoms with Crippen molar-refractivity contribution in [1.82, 2.24) is 0 Å².